The summed E-state index contributed by atoms with van der Waals surface area (Å²) in [7, 11) is -3.99. The van der Waals surface area contributed by atoms with Crippen molar-refractivity contribution in [2.75, 3.05) is 13.2 Å². The van der Waals surface area contributed by atoms with E-state index in [-0.39, 0.29) is 23.8 Å². The van der Waals surface area contributed by atoms with Crippen LogP contribution in [0.4, 0.5) is 4.39 Å². The molecule has 3 aromatic rings. The highest BCUT2D eigenvalue weighted by Gasteiger charge is 2.28. The molecule has 34 heavy (non-hydrogen) atoms. The number of carbonyl (C=O) groups is 1. The third-order valence-corrected chi connectivity index (χ3v) is 7.14. The van der Waals surface area contributed by atoms with Gasteiger partial charge in [0.15, 0.2) is 0 Å². The lowest BCUT2D eigenvalue weighted by Crippen LogP contribution is -2.41. The second-order valence-electron chi connectivity index (χ2n) is 7.96. The number of carbonyl (C=O) groups excluding carboxylic acids is 1. The molecule has 0 bridgehead atoms. The first-order valence-corrected chi connectivity index (χ1v) is 12.5. The minimum atomic E-state index is -3.99. The number of amides is 1. The summed E-state index contributed by atoms with van der Waals surface area (Å²) in [4.78, 5) is 13.0. The van der Waals surface area contributed by atoms with Crippen molar-refractivity contribution in [3.63, 3.8) is 0 Å². The number of sulfonamides is 1. The third kappa shape index (κ3) is 6.42. The molecule has 0 radical (unpaired) electrons. The number of ether oxygens (including phenoxy) is 1. The smallest absolute Gasteiger partial charge is 0.243 e. The monoisotopic (exact) mass is 484 g/mol. The van der Waals surface area contributed by atoms with Gasteiger partial charge in [-0.05, 0) is 67.8 Å². The number of hydrogen-bond acceptors (Lipinski definition) is 4. The molecule has 1 amide bonds. The number of hydrogen-bond donors (Lipinski definition) is 1. The minimum Gasteiger partial charge on any atom is -0.494 e. The van der Waals surface area contributed by atoms with E-state index in [4.69, 9.17) is 4.74 Å². The van der Waals surface area contributed by atoms with Gasteiger partial charge in [0.2, 0.25) is 15.9 Å². The Morgan fingerprint density at radius 2 is 1.74 bits per heavy atom. The SMILES string of the molecule is CCOc1ccc(S(=O)(=O)N(CC(=O)N[C@H](C)c2ccc(F)cc2)Cc2ccccc2)cc1C. The molecule has 0 aromatic heterocycles. The molecule has 0 aliphatic rings. The minimum absolute atomic E-state index is 0.0355. The number of nitrogens with zero attached hydrogens (tertiary/aromatic N) is 1. The van der Waals surface area contributed by atoms with Crippen molar-refractivity contribution in [2.45, 2.75) is 38.3 Å². The van der Waals surface area contributed by atoms with Crippen LogP contribution in [-0.2, 0) is 21.4 Å². The van der Waals surface area contributed by atoms with E-state index in [0.29, 0.717) is 23.5 Å². The van der Waals surface area contributed by atoms with Crippen molar-refractivity contribution in [1.29, 1.82) is 0 Å². The fraction of sp³-hybridized carbons (Fsp3) is 0.269. The summed E-state index contributed by atoms with van der Waals surface area (Å²) >= 11 is 0. The quantitative estimate of drug-likeness (QED) is 0.456. The number of nitrogens with one attached hydrogen (secondary N) is 1. The summed E-state index contributed by atoms with van der Waals surface area (Å²) in [6, 6.07) is 19.2. The predicted molar refractivity (Wildman–Crippen MR) is 129 cm³/mol. The Bertz CT molecular complexity index is 1220. The average molecular weight is 485 g/mol. The molecule has 0 saturated carbocycles. The van der Waals surface area contributed by atoms with Crippen molar-refractivity contribution < 1.29 is 22.3 Å². The molecule has 0 aliphatic carbocycles. The molecule has 0 saturated heterocycles. The van der Waals surface area contributed by atoms with Crippen LogP contribution in [0.2, 0.25) is 0 Å². The normalized spacial score (nSPS) is 12.4. The largest absolute Gasteiger partial charge is 0.494 e. The van der Waals surface area contributed by atoms with Crippen LogP contribution in [-0.4, -0.2) is 31.8 Å². The van der Waals surface area contributed by atoms with Crippen LogP contribution in [0.1, 0.15) is 36.6 Å². The zero-order chi connectivity index (χ0) is 24.7. The second-order valence-corrected chi connectivity index (χ2v) is 9.90. The van der Waals surface area contributed by atoms with Gasteiger partial charge in [-0.1, -0.05) is 42.5 Å². The van der Waals surface area contributed by atoms with Gasteiger partial charge in [0.1, 0.15) is 11.6 Å². The number of rotatable bonds is 10. The zero-order valence-electron chi connectivity index (χ0n) is 19.5. The van der Waals surface area contributed by atoms with Gasteiger partial charge in [0, 0.05) is 6.54 Å². The van der Waals surface area contributed by atoms with Gasteiger partial charge >= 0.3 is 0 Å². The second kappa shape index (κ2) is 11.3. The Morgan fingerprint density at radius 3 is 2.35 bits per heavy atom. The third-order valence-electron chi connectivity index (χ3n) is 5.35. The van der Waals surface area contributed by atoms with Crippen LogP contribution < -0.4 is 10.1 Å². The molecule has 0 unspecified atom stereocenters. The summed E-state index contributed by atoms with van der Waals surface area (Å²) in [6.45, 7) is 5.54. The van der Waals surface area contributed by atoms with Crippen molar-refractivity contribution in [3.05, 3.63) is 95.3 Å². The average Bonchev–Trinajstić information content (AvgIpc) is 2.81. The summed E-state index contributed by atoms with van der Waals surface area (Å²) in [6.07, 6.45) is 0. The Labute approximate surface area is 200 Å². The van der Waals surface area contributed by atoms with Crippen LogP contribution in [0, 0.1) is 12.7 Å². The topological polar surface area (TPSA) is 75.7 Å². The molecule has 0 spiro atoms. The molecule has 8 heteroatoms. The maximum Gasteiger partial charge on any atom is 0.243 e. The van der Waals surface area contributed by atoms with E-state index in [1.165, 1.54) is 18.2 Å². The summed E-state index contributed by atoms with van der Waals surface area (Å²) in [5, 5.41) is 2.81. The lowest BCUT2D eigenvalue weighted by atomic mass is 10.1. The molecule has 180 valence electrons. The van der Waals surface area contributed by atoms with Crippen molar-refractivity contribution >= 4 is 15.9 Å². The maximum absolute atomic E-state index is 13.6. The van der Waals surface area contributed by atoms with E-state index in [2.05, 4.69) is 5.32 Å². The van der Waals surface area contributed by atoms with Crippen molar-refractivity contribution in [1.82, 2.24) is 9.62 Å². The molecule has 0 heterocycles. The van der Waals surface area contributed by atoms with Crippen LogP contribution >= 0.6 is 0 Å². The fourth-order valence-corrected chi connectivity index (χ4v) is 5.01. The summed E-state index contributed by atoms with van der Waals surface area (Å²) in [5.74, 6) is -0.214. The molecular formula is C26H29FN2O4S. The van der Waals surface area contributed by atoms with Crippen LogP contribution in [0.25, 0.3) is 0 Å². The van der Waals surface area contributed by atoms with E-state index >= 15 is 0 Å². The van der Waals surface area contributed by atoms with Gasteiger partial charge in [-0.3, -0.25) is 4.79 Å². The first-order chi connectivity index (χ1) is 16.2. The lowest BCUT2D eigenvalue weighted by Gasteiger charge is -2.24. The Kier molecular flexibility index (Phi) is 8.41. The molecular weight excluding hydrogens is 455 g/mol. The van der Waals surface area contributed by atoms with Crippen molar-refractivity contribution in [2.24, 2.45) is 0 Å². The Balaban J connectivity index is 1.85. The molecule has 1 atom stereocenters. The highest BCUT2D eigenvalue weighted by molar-refractivity contribution is 7.89. The van der Waals surface area contributed by atoms with Crippen LogP contribution in [0.15, 0.2) is 77.7 Å². The van der Waals surface area contributed by atoms with Crippen LogP contribution in [0.3, 0.4) is 0 Å². The molecule has 3 aromatic carbocycles. The molecule has 6 nitrogen and oxygen atoms in total. The first-order valence-electron chi connectivity index (χ1n) is 11.0. The first kappa shape index (κ1) is 25.4. The standard InChI is InChI=1S/C26H29FN2O4S/c1-4-33-25-15-14-24(16-19(25)2)34(31,32)29(17-21-8-6-5-7-9-21)18-26(30)28-20(3)22-10-12-23(27)13-11-22/h5-16,20H,4,17-18H2,1-3H3,(H,28,30)/t20-/m1/s1. The van der Waals surface area contributed by atoms with E-state index in [1.54, 1.807) is 38.1 Å². The zero-order valence-corrected chi connectivity index (χ0v) is 20.3. The highest BCUT2D eigenvalue weighted by Crippen LogP contribution is 2.25. The molecule has 1 N–H and O–H groups in total. The Morgan fingerprint density at radius 1 is 1.06 bits per heavy atom. The van der Waals surface area contributed by atoms with E-state index in [0.717, 1.165) is 9.87 Å². The van der Waals surface area contributed by atoms with Gasteiger partial charge < -0.3 is 10.1 Å². The predicted octanol–water partition coefficient (Wildman–Crippen LogP) is 4.60. The van der Waals surface area contributed by atoms with Gasteiger partial charge in [0.05, 0.1) is 24.1 Å². The number of halogens is 1. The maximum atomic E-state index is 13.6. The molecule has 3 rings (SSSR count). The number of aryl methyl sites for hydroxylation is 1. The van der Waals surface area contributed by atoms with Gasteiger partial charge in [0.25, 0.3) is 0 Å². The molecule has 0 fully saturated rings. The summed E-state index contributed by atoms with van der Waals surface area (Å²) < 4.78 is 47.0. The van der Waals surface area contributed by atoms with Gasteiger partial charge in [-0.25, -0.2) is 12.8 Å². The van der Waals surface area contributed by atoms with Crippen molar-refractivity contribution in [3.8, 4) is 5.75 Å². The van der Waals surface area contributed by atoms with E-state index in [9.17, 15) is 17.6 Å². The Hall–Kier alpha value is -3.23. The number of benzene rings is 3. The van der Waals surface area contributed by atoms with Gasteiger partial charge in [-0.15, -0.1) is 0 Å². The van der Waals surface area contributed by atoms with E-state index < -0.39 is 22.0 Å². The van der Waals surface area contributed by atoms with E-state index in [1.807, 2.05) is 37.3 Å². The fourth-order valence-electron chi connectivity index (χ4n) is 3.54. The molecule has 0 aliphatic heterocycles. The summed E-state index contributed by atoms with van der Waals surface area (Å²) in [5.41, 5.74) is 2.17. The van der Waals surface area contributed by atoms with Crippen LogP contribution in [0.5, 0.6) is 5.75 Å². The highest BCUT2D eigenvalue weighted by atomic mass is 32.2. The van der Waals surface area contributed by atoms with Gasteiger partial charge in [-0.2, -0.15) is 4.31 Å². The lowest BCUT2D eigenvalue weighted by molar-refractivity contribution is -0.122.